The Bertz CT molecular complexity index is 1200. The lowest BCUT2D eigenvalue weighted by Gasteiger charge is -2.48. The van der Waals surface area contributed by atoms with Crippen molar-refractivity contribution in [1.29, 1.82) is 0 Å². The lowest BCUT2D eigenvalue weighted by molar-refractivity contribution is -0.162. The first kappa shape index (κ1) is 21.0. The highest BCUT2D eigenvalue weighted by atomic mass is 16.3. The van der Waals surface area contributed by atoms with E-state index >= 15 is 0 Å². The number of benzene rings is 2. The van der Waals surface area contributed by atoms with Gasteiger partial charge in [0.25, 0.3) is 0 Å². The molecule has 0 heterocycles. The Morgan fingerprint density at radius 3 is 2.42 bits per heavy atom. The molecule has 31 heavy (non-hydrogen) atoms. The van der Waals surface area contributed by atoms with Crippen LogP contribution in [0.25, 0.3) is 10.8 Å². The van der Waals surface area contributed by atoms with E-state index in [4.69, 9.17) is 5.73 Å². The largest absolute Gasteiger partial charge is 0.507 e. The fourth-order valence-electron chi connectivity index (χ4n) is 5.18. The van der Waals surface area contributed by atoms with Crippen molar-refractivity contribution in [1.82, 2.24) is 4.90 Å². The first-order valence-corrected chi connectivity index (χ1v) is 9.71. The van der Waals surface area contributed by atoms with Crippen LogP contribution >= 0.6 is 0 Å². The van der Waals surface area contributed by atoms with Gasteiger partial charge in [0.15, 0.2) is 23.1 Å². The molecule has 0 saturated heterocycles. The van der Waals surface area contributed by atoms with E-state index < -0.39 is 52.5 Å². The van der Waals surface area contributed by atoms with Crippen LogP contribution in [-0.2, 0) is 20.8 Å². The second kappa shape index (κ2) is 6.60. The number of primary amides is 1. The molecule has 0 aromatic heterocycles. The molecule has 9 heteroatoms. The third-order valence-electron chi connectivity index (χ3n) is 6.64. The van der Waals surface area contributed by atoms with Gasteiger partial charge < -0.3 is 21.1 Å². The number of hydrogen-bond donors (Lipinski definition) is 4. The van der Waals surface area contributed by atoms with Crippen molar-refractivity contribution in [3.63, 3.8) is 0 Å². The summed E-state index contributed by atoms with van der Waals surface area (Å²) in [7, 11) is 3.08. The van der Waals surface area contributed by atoms with Gasteiger partial charge in [-0.05, 0) is 50.0 Å². The summed E-state index contributed by atoms with van der Waals surface area (Å²) in [4.78, 5) is 53.0. The van der Waals surface area contributed by atoms with Crippen LogP contribution in [0, 0.1) is 18.8 Å². The zero-order chi connectivity index (χ0) is 23.0. The minimum absolute atomic E-state index is 0.0177. The Kier molecular flexibility index (Phi) is 4.46. The van der Waals surface area contributed by atoms with Crippen LogP contribution in [0.15, 0.2) is 18.2 Å². The average Bonchev–Trinajstić information content (AvgIpc) is 2.68. The fraction of sp³-hybridized carbons (Fsp3) is 0.364. The smallest absolute Gasteiger partial charge is 0.235 e. The normalized spacial score (nSPS) is 28.0. The molecule has 1 saturated carbocycles. The Hall–Kier alpha value is -3.30. The molecule has 1 unspecified atom stereocenters. The second-order valence-corrected chi connectivity index (χ2v) is 8.44. The molecule has 0 bridgehead atoms. The predicted octanol–water partition coefficient (Wildman–Crippen LogP) is -0.171. The number of amides is 1. The van der Waals surface area contributed by atoms with Crippen molar-refractivity contribution >= 4 is 34.0 Å². The number of Topliss-reactive ketones (excluding diaryl/α,β-unsaturated/α-hetero) is 3. The number of likely N-dealkylation sites (N-methyl/N-ethyl adjacent to an activating group) is 1. The van der Waals surface area contributed by atoms with E-state index in [9.17, 15) is 34.5 Å². The zero-order valence-corrected chi connectivity index (χ0v) is 17.2. The van der Waals surface area contributed by atoms with Crippen LogP contribution in [0.1, 0.15) is 21.5 Å². The number of hydrogen-bond acceptors (Lipinski definition) is 8. The summed E-state index contributed by atoms with van der Waals surface area (Å²) in [5, 5.41) is 33.1. The fourth-order valence-corrected chi connectivity index (χ4v) is 5.18. The molecule has 1 amide bonds. The van der Waals surface area contributed by atoms with Gasteiger partial charge in [-0.25, -0.2) is 0 Å². The molecule has 0 aliphatic heterocycles. The molecule has 4 atom stereocenters. The molecule has 2 aromatic rings. The first-order chi connectivity index (χ1) is 14.4. The monoisotopic (exact) mass is 426 g/mol. The van der Waals surface area contributed by atoms with Gasteiger partial charge in [-0.1, -0.05) is 12.1 Å². The summed E-state index contributed by atoms with van der Waals surface area (Å²) in [6, 6.07) is 3.47. The van der Waals surface area contributed by atoms with Crippen molar-refractivity contribution in [2.45, 2.75) is 25.0 Å². The number of nitrogens with two attached hydrogens (primary N) is 1. The first-order valence-electron chi connectivity index (χ1n) is 9.71. The molecule has 2 aliphatic carbocycles. The van der Waals surface area contributed by atoms with E-state index in [0.29, 0.717) is 16.5 Å². The van der Waals surface area contributed by atoms with Gasteiger partial charge in [0.2, 0.25) is 11.7 Å². The molecule has 5 N–H and O–H groups in total. The van der Waals surface area contributed by atoms with Crippen LogP contribution in [-0.4, -0.2) is 69.2 Å². The minimum Gasteiger partial charge on any atom is -0.507 e. The molecule has 0 radical (unpaired) electrons. The Balaban J connectivity index is 2.06. The molecular formula is C22H22N2O7. The highest BCUT2D eigenvalue weighted by Crippen LogP contribution is 2.49. The molecule has 1 fully saturated rings. The Morgan fingerprint density at radius 2 is 1.84 bits per heavy atom. The summed E-state index contributed by atoms with van der Waals surface area (Å²) in [5.41, 5.74) is 3.20. The molecule has 9 nitrogen and oxygen atoms in total. The Labute approximate surface area is 177 Å². The highest BCUT2D eigenvalue weighted by Gasteiger charge is 2.66. The van der Waals surface area contributed by atoms with Gasteiger partial charge in [-0.2, -0.15) is 0 Å². The maximum atomic E-state index is 13.6. The summed E-state index contributed by atoms with van der Waals surface area (Å²) >= 11 is 0. The standard InChI is InChI=1S/C22H22N2O7/c1-8-9-5-4-6-12(25)13(9)17(26)14-10(8)7-11-16(24(2)3)18(27)15(21(23)30)20(29)22(11,31)19(14)28/h4-6,11,15-16,25-26,31H,7H2,1-3H3,(H2,23,30)/t11-,15?,16+,22-/m0/s1. The van der Waals surface area contributed by atoms with Gasteiger partial charge in [-0.3, -0.25) is 24.1 Å². The van der Waals surface area contributed by atoms with Crippen molar-refractivity contribution in [2.75, 3.05) is 14.1 Å². The van der Waals surface area contributed by atoms with E-state index in [1.165, 1.54) is 11.0 Å². The van der Waals surface area contributed by atoms with Crippen molar-refractivity contribution in [2.24, 2.45) is 17.6 Å². The number of aliphatic hydroxyl groups is 1. The molecule has 2 aromatic carbocycles. The second-order valence-electron chi connectivity index (χ2n) is 8.44. The minimum atomic E-state index is -2.72. The number of fused-ring (bicyclic) bond motifs is 3. The van der Waals surface area contributed by atoms with Crippen LogP contribution in [0.5, 0.6) is 11.5 Å². The maximum Gasteiger partial charge on any atom is 0.235 e. The topological polar surface area (TPSA) is 158 Å². The lowest BCUT2D eigenvalue weighted by atomic mass is 9.58. The number of aromatic hydroxyl groups is 2. The number of carbonyl (C=O) groups is 4. The highest BCUT2D eigenvalue weighted by molar-refractivity contribution is 6.33. The molecular weight excluding hydrogens is 404 g/mol. The van der Waals surface area contributed by atoms with E-state index in [2.05, 4.69) is 0 Å². The number of phenols is 2. The number of nitrogens with zero attached hydrogens (tertiary/aromatic N) is 1. The SMILES string of the molecule is Cc1c2c(c(O)c3c(O)cccc13)C(=O)[C@]1(O)C(=O)C(C(N)=O)C(=O)[C@H](N(C)C)[C@@H]1C2. The van der Waals surface area contributed by atoms with E-state index in [0.717, 1.165) is 0 Å². The molecule has 162 valence electrons. The van der Waals surface area contributed by atoms with Crippen molar-refractivity contribution in [3.8, 4) is 11.5 Å². The lowest BCUT2D eigenvalue weighted by Crippen LogP contribution is -2.71. The summed E-state index contributed by atoms with van der Waals surface area (Å²) in [6.07, 6.45) is -0.0750. The Morgan fingerprint density at radius 1 is 1.19 bits per heavy atom. The van der Waals surface area contributed by atoms with Gasteiger partial charge in [0, 0.05) is 5.92 Å². The van der Waals surface area contributed by atoms with Gasteiger partial charge in [-0.15, -0.1) is 0 Å². The number of ketones is 3. The van der Waals surface area contributed by atoms with Crippen LogP contribution in [0.2, 0.25) is 0 Å². The van der Waals surface area contributed by atoms with Gasteiger partial charge in [0.1, 0.15) is 11.5 Å². The predicted molar refractivity (Wildman–Crippen MR) is 109 cm³/mol. The third kappa shape index (κ3) is 2.50. The quantitative estimate of drug-likeness (QED) is 0.482. The number of carbonyl (C=O) groups excluding carboxylic acids is 4. The molecule has 4 rings (SSSR count). The van der Waals surface area contributed by atoms with E-state index in [1.54, 1.807) is 33.2 Å². The van der Waals surface area contributed by atoms with Gasteiger partial charge in [0.05, 0.1) is 17.0 Å². The van der Waals surface area contributed by atoms with Gasteiger partial charge >= 0.3 is 0 Å². The van der Waals surface area contributed by atoms with Crippen LogP contribution < -0.4 is 5.73 Å². The summed E-state index contributed by atoms with van der Waals surface area (Å²) in [6.45, 7) is 1.70. The summed E-state index contributed by atoms with van der Waals surface area (Å²) in [5.74, 6) is -8.39. The number of rotatable bonds is 2. The maximum absolute atomic E-state index is 13.6. The van der Waals surface area contributed by atoms with E-state index in [1.807, 2.05) is 0 Å². The summed E-state index contributed by atoms with van der Waals surface area (Å²) < 4.78 is 0. The third-order valence-corrected chi connectivity index (χ3v) is 6.64. The average molecular weight is 426 g/mol. The van der Waals surface area contributed by atoms with Crippen molar-refractivity contribution in [3.05, 3.63) is 34.9 Å². The van der Waals surface area contributed by atoms with E-state index in [-0.39, 0.29) is 23.1 Å². The van der Waals surface area contributed by atoms with Crippen LogP contribution in [0.3, 0.4) is 0 Å². The van der Waals surface area contributed by atoms with Crippen LogP contribution in [0.4, 0.5) is 0 Å². The zero-order valence-electron chi connectivity index (χ0n) is 17.2. The molecule has 0 spiro atoms. The van der Waals surface area contributed by atoms with Crippen molar-refractivity contribution < 1.29 is 34.5 Å². The molecule has 2 aliphatic rings. The number of phenolic OH excluding ortho intramolecular Hbond substituents is 2. The number of aryl methyl sites for hydroxylation is 1.